The molecular weight excluding hydrogens is 484 g/mol. The van der Waals surface area contributed by atoms with E-state index in [1.807, 2.05) is 0 Å². The number of hydrogen-bond donors (Lipinski definition) is 6. The molecule has 0 aromatic carbocycles. The van der Waals surface area contributed by atoms with E-state index in [4.69, 9.17) is 16.2 Å². The van der Waals surface area contributed by atoms with Crippen LogP contribution in [0.5, 0.6) is 0 Å². The minimum absolute atomic E-state index is 0.108. The number of rotatable bonds is 5. The number of nitrogens with one attached hydrogen (secondary N) is 1. The second-order valence-corrected chi connectivity index (χ2v) is 9.50. The molecule has 3 aliphatic rings. The first-order valence-electron chi connectivity index (χ1n) is 11.8. The molecule has 0 radical (unpaired) electrons. The van der Waals surface area contributed by atoms with Gasteiger partial charge in [0.15, 0.2) is 17.0 Å². The predicted molar refractivity (Wildman–Crippen MR) is 127 cm³/mol. The van der Waals surface area contributed by atoms with Gasteiger partial charge in [0.1, 0.15) is 24.4 Å². The van der Waals surface area contributed by atoms with Crippen molar-refractivity contribution in [2.45, 2.75) is 57.0 Å². The molecule has 0 bridgehead atoms. The maximum absolute atomic E-state index is 13.1. The minimum Gasteiger partial charge on any atom is -0.395 e. The Bertz CT molecular complexity index is 1490. The molecule has 0 amide bonds. The van der Waals surface area contributed by atoms with Crippen molar-refractivity contribution in [2.24, 2.45) is 11.5 Å². The average molecular weight is 511 g/mol. The number of carbonyl (C=O) groups excluding carboxylic acids is 2. The smallest absolute Gasteiger partial charge is 0.211 e. The summed E-state index contributed by atoms with van der Waals surface area (Å²) in [6.45, 7) is 0.947. The summed E-state index contributed by atoms with van der Waals surface area (Å²) in [6.07, 6.45) is 1.02. The van der Waals surface area contributed by atoms with Crippen LogP contribution in [0.2, 0.25) is 0 Å². The average Bonchev–Trinajstić information content (AvgIpc) is 3.63. The molecule has 0 spiro atoms. The number of nitrogens with zero attached hydrogens (tertiary/aromatic N) is 5. The Morgan fingerprint density at radius 1 is 1.22 bits per heavy atom. The summed E-state index contributed by atoms with van der Waals surface area (Å²) >= 11 is 0. The lowest BCUT2D eigenvalue weighted by Gasteiger charge is -2.20. The number of aliphatic hydroxyl groups excluding tert-OH is 3. The number of hydrogen-bond acceptors (Lipinski definition) is 12. The lowest BCUT2D eigenvalue weighted by Crippen LogP contribution is -2.33. The molecular formula is C23H26N8O6. The molecule has 8 N–H and O–H groups in total. The van der Waals surface area contributed by atoms with Gasteiger partial charge in [-0.25, -0.2) is 15.0 Å². The Kier molecular flexibility index (Phi) is 5.40. The van der Waals surface area contributed by atoms with E-state index < -0.39 is 42.9 Å². The maximum atomic E-state index is 13.1. The summed E-state index contributed by atoms with van der Waals surface area (Å²) in [5, 5.41) is 33.1. The number of aliphatic hydroxyl groups is 3. The molecule has 1 saturated heterocycles. The van der Waals surface area contributed by atoms with Gasteiger partial charge in [-0.3, -0.25) is 14.2 Å². The normalized spacial score (nSPS) is 27.3. The van der Waals surface area contributed by atoms with E-state index in [1.54, 1.807) is 9.13 Å². The van der Waals surface area contributed by atoms with E-state index in [9.17, 15) is 24.9 Å². The van der Waals surface area contributed by atoms with Gasteiger partial charge in [0.05, 0.1) is 42.9 Å². The Hall–Kier alpha value is -3.69. The quantitative estimate of drug-likeness (QED) is 0.240. The number of nitrogens with two attached hydrogens (primary N) is 2. The van der Waals surface area contributed by atoms with E-state index in [0.717, 1.165) is 0 Å². The molecule has 2 aliphatic heterocycles. The summed E-state index contributed by atoms with van der Waals surface area (Å²) in [4.78, 5) is 39.2. The second kappa shape index (κ2) is 8.43. The minimum atomic E-state index is -0.823. The fraction of sp³-hybridized carbons (Fsp3) is 0.435. The summed E-state index contributed by atoms with van der Waals surface area (Å²) in [7, 11) is 0. The van der Waals surface area contributed by atoms with Gasteiger partial charge in [-0.15, -0.1) is 0 Å². The molecule has 14 heteroatoms. The first-order valence-corrected chi connectivity index (χ1v) is 11.8. The van der Waals surface area contributed by atoms with Crippen LogP contribution in [0.4, 0.5) is 5.82 Å². The third-order valence-electron chi connectivity index (χ3n) is 7.46. The van der Waals surface area contributed by atoms with Crippen molar-refractivity contribution in [3.05, 3.63) is 46.4 Å². The Morgan fingerprint density at radius 2 is 2.00 bits per heavy atom. The number of allylic oxidation sites excluding steroid dienone is 2. The van der Waals surface area contributed by atoms with Gasteiger partial charge in [-0.1, -0.05) is 0 Å². The van der Waals surface area contributed by atoms with Crippen molar-refractivity contribution in [1.29, 1.82) is 0 Å². The SMILES string of the molecule is CC1=C(N)C(=O)c2c(CO)c3n(c2C1=O)C[C@H](N)[C@H]3Nc1ncnc2c1ncn2[C@H]1C[C@H](O)[C@@H](CO)O1. The maximum Gasteiger partial charge on any atom is 0.211 e. The molecule has 0 unspecified atom stereocenters. The summed E-state index contributed by atoms with van der Waals surface area (Å²) in [6, 6.07) is -1.12. The third-order valence-corrected chi connectivity index (χ3v) is 7.46. The van der Waals surface area contributed by atoms with Gasteiger partial charge in [-0.05, 0) is 6.92 Å². The van der Waals surface area contributed by atoms with Gasteiger partial charge in [0.2, 0.25) is 11.6 Å². The molecule has 3 aromatic rings. The van der Waals surface area contributed by atoms with Crippen LogP contribution in [-0.2, 0) is 17.9 Å². The van der Waals surface area contributed by atoms with E-state index in [1.165, 1.54) is 19.6 Å². The highest BCUT2D eigenvalue weighted by Gasteiger charge is 2.44. The van der Waals surface area contributed by atoms with Crippen molar-refractivity contribution in [3.8, 4) is 0 Å². The highest BCUT2D eigenvalue weighted by molar-refractivity contribution is 6.26. The van der Waals surface area contributed by atoms with Gasteiger partial charge in [-0.2, -0.15) is 0 Å². The van der Waals surface area contributed by atoms with Crippen LogP contribution in [0.15, 0.2) is 23.9 Å². The lowest BCUT2D eigenvalue weighted by molar-refractivity contribution is -0.0432. The molecule has 6 rings (SSSR count). The van der Waals surface area contributed by atoms with E-state index in [0.29, 0.717) is 28.2 Å². The summed E-state index contributed by atoms with van der Waals surface area (Å²) < 4.78 is 9.08. The van der Waals surface area contributed by atoms with Crippen LogP contribution in [0.25, 0.3) is 11.2 Å². The predicted octanol–water partition coefficient (Wildman–Crippen LogP) is -1.13. The monoisotopic (exact) mass is 510 g/mol. The first-order chi connectivity index (χ1) is 17.8. The number of aromatic nitrogens is 5. The Balaban J connectivity index is 1.39. The number of imidazole rings is 1. The molecule has 1 fully saturated rings. The molecule has 0 saturated carbocycles. The van der Waals surface area contributed by atoms with Crippen molar-refractivity contribution in [3.63, 3.8) is 0 Å². The number of ether oxygens (including phenoxy) is 1. The van der Waals surface area contributed by atoms with Crippen LogP contribution in [0, 0.1) is 0 Å². The van der Waals surface area contributed by atoms with E-state index in [-0.39, 0.29) is 47.9 Å². The standard InChI is InChI=1S/C23H26N8O6/c1-8-15(25)21(36)14-9(4-32)18-16(10(24)3-30(18)19(14)20(8)35)29-22-17-23(27-6-26-22)31(7-28-17)13-2-11(34)12(5-33)37-13/h6-7,10-13,16,32-34H,2-5,24-25H2,1H3,(H,26,27,29)/t10-,11-,12+,13+,16+/m0/s1. The fourth-order valence-corrected chi connectivity index (χ4v) is 5.54. The molecule has 3 aromatic heterocycles. The van der Waals surface area contributed by atoms with Crippen LogP contribution in [0.1, 0.15) is 57.7 Å². The number of anilines is 1. The number of fused-ring (bicyclic) bond motifs is 4. The van der Waals surface area contributed by atoms with Crippen LogP contribution in [-0.4, -0.2) is 75.8 Å². The topological polar surface area (TPSA) is 217 Å². The van der Waals surface area contributed by atoms with E-state index in [2.05, 4.69) is 20.3 Å². The Labute approximate surface area is 209 Å². The van der Waals surface area contributed by atoms with Crippen molar-refractivity contribution >= 4 is 28.5 Å². The van der Waals surface area contributed by atoms with Gasteiger partial charge < -0.3 is 41.4 Å². The number of ketones is 2. The fourth-order valence-electron chi connectivity index (χ4n) is 5.54. The van der Waals surface area contributed by atoms with Crippen LogP contribution >= 0.6 is 0 Å². The van der Waals surface area contributed by atoms with Gasteiger partial charge in [0, 0.05) is 35.8 Å². The van der Waals surface area contributed by atoms with Crippen LogP contribution in [0.3, 0.4) is 0 Å². The highest BCUT2D eigenvalue weighted by Crippen LogP contribution is 2.41. The van der Waals surface area contributed by atoms with Gasteiger partial charge >= 0.3 is 0 Å². The molecule has 5 atom stereocenters. The van der Waals surface area contributed by atoms with Crippen molar-refractivity contribution < 1.29 is 29.6 Å². The van der Waals surface area contributed by atoms with E-state index >= 15 is 0 Å². The third kappa shape index (κ3) is 3.27. The zero-order chi connectivity index (χ0) is 26.2. The summed E-state index contributed by atoms with van der Waals surface area (Å²) in [5.41, 5.74) is 14.4. The van der Waals surface area contributed by atoms with Crippen LogP contribution < -0.4 is 16.8 Å². The van der Waals surface area contributed by atoms with Gasteiger partial charge in [0.25, 0.3) is 0 Å². The molecule has 1 aliphatic carbocycles. The number of Topliss-reactive ketones (excluding diaryl/α,β-unsaturated/α-hetero) is 2. The first kappa shape index (κ1) is 23.7. The lowest BCUT2D eigenvalue weighted by atomic mass is 9.89. The second-order valence-electron chi connectivity index (χ2n) is 9.50. The molecule has 194 valence electrons. The zero-order valence-electron chi connectivity index (χ0n) is 19.8. The molecule has 37 heavy (non-hydrogen) atoms. The molecule has 14 nitrogen and oxygen atoms in total. The molecule has 5 heterocycles. The highest BCUT2D eigenvalue weighted by atomic mass is 16.5. The summed E-state index contributed by atoms with van der Waals surface area (Å²) in [5.74, 6) is -0.512. The number of carbonyl (C=O) groups is 2. The Morgan fingerprint density at radius 3 is 2.70 bits per heavy atom. The van der Waals surface area contributed by atoms with Crippen molar-refractivity contribution in [2.75, 3.05) is 11.9 Å². The zero-order valence-corrected chi connectivity index (χ0v) is 19.8. The van der Waals surface area contributed by atoms with Crippen molar-refractivity contribution in [1.82, 2.24) is 24.1 Å². The largest absolute Gasteiger partial charge is 0.395 e.